The van der Waals surface area contributed by atoms with Gasteiger partial charge in [0, 0.05) is 6.08 Å². The van der Waals surface area contributed by atoms with Gasteiger partial charge in [-0.15, -0.1) is 0 Å². The van der Waals surface area contributed by atoms with Crippen LogP contribution in [0.4, 0.5) is 0 Å². The van der Waals surface area contributed by atoms with E-state index in [4.69, 9.17) is 10.2 Å². The lowest BCUT2D eigenvalue weighted by Gasteiger charge is -1.90. The van der Waals surface area contributed by atoms with E-state index in [-0.39, 0.29) is 0 Å². The number of aliphatic hydroxyl groups excluding tert-OH is 1. The molecular weight excluding hydrogens is 168 g/mol. The highest BCUT2D eigenvalue weighted by molar-refractivity contribution is 5.80. The van der Waals surface area contributed by atoms with Crippen LogP contribution in [-0.2, 0) is 4.79 Å². The lowest BCUT2D eigenvalue weighted by Crippen LogP contribution is -1.90. The molecule has 72 valence electrons. The van der Waals surface area contributed by atoms with Crippen molar-refractivity contribution in [2.75, 3.05) is 0 Å². The summed E-state index contributed by atoms with van der Waals surface area (Å²) in [5.74, 6) is -0.954. The fourth-order valence-corrected chi connectivity index (χ4v) is 0.649. The Kier molecular flexibility index (Phi) is 6.55. The van der Waals surface area contributed by atoms with E-state index in [0.29, 0.717) is 6.42 Å². The number of rotatable bonds is 5. The van der Waals surface area contributed by atoms with Crippen LogP contribution in [0.5, 0.6) is 0 Å². The van der Waals surface area contributed by atoms with E-state index in [9.17, 15) is 4.79 Å². The zero-order chi connectivity index (χ0) is 10.1. The summed E-state index contributed by atoms with van der Waals surface area (Å²) in [5, 5.41) is 17.0. The average molecular weight is 182 g/mol. The Balaban J connectivity index is 3.59. The summed E-state index contributed by atoms with van der Waals surface area (Å²) >= 11 is 0. The fraction of sp³-hybridized carbons (Fsp3) is 0.300. The van der Waals surface area contributed by atoms with Crippen LogP contribution in [0, 0.1) is 0 Å². The molecule has 13 heavy (non-hydrogen) atoms. The molecule has 0 amide bonds. The van der Waals surface area contributed by atoms with Crippen LogP contribution in [0.2, 0.25) is 0 Å². The number of carboxylic acid groups (broad SMARTS) is 1. The predicted octanol–water partition coefficient (Wildman–Crippen LogP) is 1.51. The van der Waals surface area contributed by atoms with Gasteiger partial charge in [-0.2, -0.15) is 0 Å². The Bertz CT molecular complexity index is 224. The van der Waals surface area contributed by atoms with Crippen LogP contribution >= 0.6 is 0 Å². The molecule has 0 aliphatic heterocycles. The molecule has 0 fully saturated rings. The van der Waals surface area contributed by atoms with Gasteiger partial charge in [0.05, 0.1) is 6.10 Å². The largest absolute Gasteiger partial charge is 0.478 e. The minimum absolute atomic E-state index is 0.428. The van der Waals surface area contributed by atoms with Crippen LogP contribution < -0.4 is 0 Å². The molecule has 0 aromatic carbocycles. The van der Waals surface area contributed by atoms with E-state index >= 15 is 0 Å². The minimum Gasteiger partial charge on any atom is -0.478 e. The van der Waals surface area contributed by atoms with E-state index in [1.54, 1.807) is 25.2 Å². The molecule has 0 aliphatic carbocycles. The molecule has 3 nitrogen and oxygen atoms in total. The first-order valence-corrected chi connectivity index (χ1v) is 4.04. The summed E-state index contributed by atoms with van der Waals surface area (Å²) in [4.78, 5) is 10.0. The van der Waals surface area contributed by atoms with E-state index in [1.807, 2.05) is 6.08 Å². The lowest BCUT2D eigenvalue weighted by atomic mass is 10.3. The maximum absolute atomic E-state index is 10.0. The molecule has 1 atom stereocenters. The van der Waals surface area contributed by atoms with Crippen molar-refractivity contribution in [3.8, 4) is 0 Å². The zero-order valence-corrected chi connectivity index (χ0v) is 7.55. The van der Waals surface area contributed by atoms with Gasteiger partial charge < -0.3 is 10.2 Å². The Hall–Kier alpha value is -1.35. The van der Waals surface area contributed by atoms with Gasteiger partial charge in [-0.25, -0.2) is 4.79 Å². The number of carbonyl (C=O) groups is 1. The van der Waals surface area contributed by atoms with Gasteiger partial charge in [-0.1, -0.05) is 30.4 Å². The van der Waals surface area contributed by atoms with Gasteiger partial charge in [-0.3, -0.25) is 0 Å². The topological polar surface area (TPSA) is 57.5 Å². The number of aliphatic carboxylic acids is 1. The van der Waals surface area contributed by atoms with Gasteiger partial charge in [-0.05, 0) is 13.3 Å². The summed E-state index contributed by atoms with van der Waals surface area (Å²) in [7, 11) is 0. The van der Waals surface area contributed by atoms with Gasteiger partial charge in [0.15, 0.2) is 0 Å². The van der Waals surface area contributed by atoms with Crippen LogP contribution in [0.1, 0.15) is 13.3 Å². The van der Waals surface area contributed by atoms with Crippen molar-refractivity contribution in [2.24, 2.45) is 0 Å². The minimum atomic E-state index is -0.954. The van der Waals surface area contributed by atoms with Gasteiger partial charge in [0.25, 0.3) is 0 Å². The molecule has 0 aliphatic rings. The third-order valence-corrected chi connectivity index (χ3v) is 1.17. The molecule has 1 unspecified atom stereocenters. The maximum atomic E-state index is 10.0. The molecule has 0 heterocycles. The Morgan fingerprint density at radius 3 is 2.62 bits per heavy atom. The molecule has 0 rings (SSSR count). The van der Waals surface area contributed by atoms with Gasteiger partial charge >= 0.3 is 5.97 Å². The Labute approximate surface area is 77.7 Å². The van der Waals surface area contributed by atoms with Crippen molar-refractivity contribution in [2.45, 2.75) is 19.4 Å². The highest BCUT2D eigenvalue weighted by atomic mass is 16.4. The standard InChI is InChI=1S/C10H14O3/c1-9(11)7-5-3-2-4-6-8-10(12)13/h2,4-9,11H,3H2,1H3,(H,12,13). The molecule has 0 aromatic rings. The van der Waals surface area contributed by atoms with E-state index in [2.05, 4.69) is 0 Å². The second-order valence-corrected chi connectivity index (χ2v) is 2.53. The lowest BCUT2D eigenvalue weighted by molar-refractivity contribution is -0.131. The van der Waals surface area contributed by atoms with E-state index < -0.39 is 12.1 Å². The fourth-order valence-electron chi connectivity index (χ4n) is 0.649. The highest BCUT2D eigenvalue weighted by Crippen LogP contribution is 1.89. The Morgan fingerprint density at radius 1 is 1.38 bits per heavy atom. The van der Waals surface area contributed by atoms with Crippen LogP contribution in [0.15, 0.2) is 36.5 Å². The molecule has 2 N–H and O–H groups in total. The Morgan fingerprint density at radius 2 is 2.08 bits per heavy atom. The first-order valence-electron chi connectivity index (χ1n) is 4.04. The summed E-state index contributed by atoms with van der Waals surface area (Å²) in [5.41, 5.74) is 0. The normalized spacial score (nSPS) is 14.6. The number of allylic oxidation sites excluding steroid dienone is 4. The maximum Gasteiger partial charge on any atom is 0.328 e. The monoisotopic (exact) mass is 182 g/mol. The van der Waals surface area contributed by atoms with E-state index in [1.165, 1.54) is 6.08 Å². The van der Waals surface area contributed by atoms with Crippen LogP contribution in [0.3, 0.4) is 0 Å². The van der Waals surface area contributed by atoms with Crippen molar-refractivity contribution in [3.05, 3.63) is 36.5 Å². The van der Waals surface area contributed by atoms with Crippen molar-refractivity contribution in [3.63, 3.8) is 0 Å². The first kappa shape index (κ1) is 11.6. The molecule has 0 saturated carbocycles. The van der Waals surface area contributed by atoms with Crippen molar-refractivity contribution in [1.82, 2.24) is 0 Å². The van der Waals surface area contributed by atoms with Gasteiger partial charge in [0.1, 0.15) is 0 Å². The predicted molar refractivity (Wildman–Crippen MR) is 51.4 cm³/mol. The van der Waals surface area contributed by atoms with Crippen molar-refractivity contribution in [1.29, 1.82) is 0 Å². The molecule has 0 bridgehead atoms. The summed E-state index contributed by atoms with van der Waals surface area (Å²) < 4.78 is 0. The SMILES string of the molecule is CC(O)C=CCC=CC=CC(=O)O. The molecule has 0 spiro atoms. The molecular formula is C10H14O3. The third kappa shape index (κ3) is 10.7. The second kappa shape index (κ2) is 7.31. The number of carboxylic acids is 1. The smallest absolute Gasteiger partial charge is 0.328 e. The van der Waals surface area contributed by atoms with Crippen LogP contribution in [-0.4, -0.2) is 22.3 Å². The van der Waals surface area contributed by atoms with Crippen molar-refractivity contribution >= 4 is 5.97 Å². The van der Waals surface area contributed by atoms with Crippen LogP contribution in [0.25, 0.3) is 0 Å². The summed E-state index contributed by atoms with van der Waals surface area (Å²) in [6.45, 7) is 1.67. The molecule has 0 radical (unpaired) electrons. The number of hydrogen-bond donors (Lipinski definition) is 2. The highest BCUT2D eigenvalue weighted by Gasteiger charge is 1.82. The van der Waals surface area contributed by atoms with Gasteiger partial charge in [0.2, 0.25) is 0 Å². The second-order valence-electron chi connectivity index (χ2n) is 2.53. The third-order valence-electron chi connectivity index (χ3n) is 1.17. The zero-order valence-electron chi connectivity index (χ0n) is 7.55. The molecule has 3 heteroatoms. The number of aliphatic hydroxyl groups is 1. The van der Waals surface area contributed by atoms with Crippen molar-refractivity contribution < 1.29 is 15.0 Å². The quantitative estimate of drug-likeness (QED) is 0.385. The first-order chi connectivity index (χ1) is 6.13. The van der Waals surface area contributed by atoms with E-state index in [0.717, 1.165) is 6.08 Å². The summed E-state index contributed by atoms with van der Waals surface area (Å²) in [6.07, 6.45) is 9.73. The molecule has 0 saturated heterocycles. The molecule has 0 aromatic heterocycles. The average Bonchev–Trinajstić information content (AvgIpc) is 2.01. The number of hydrogen-bond acceptors (Lipinski definition) is 2. The summed E-state index contributed by atoms with van der Waals surface area (Å²) in [6, 6.07) is 0.